The molecule has 22 heavy (non-hydrogen) atoms. The topological polar surface area (TPSA) is 65.7 Å². The lowest BCUT2D eigenvalue weighted by atomic mass is 9.78. The molecule has 0 aliphatic carbocycles. The molecule has 2 heterocycles. The molecule has 2 aliphatic rings. The molecule has 1 aromatic rings. The fourth-order valence-corrected chi connectivity index (χ4v) is 3.31. The summed E-state index contributed by atoms with van der Waals surface area (Å²) in [6, 6.07) is 9.02. The predicted molar refractivity (Wildman–Crippen MR) is 81.6 cm³/mol. The van der Waals surface area contributed by atoms with Gasteiger partial charge in [-0.05, 0) is 43.5 Å². The smallest absolute Gasteiger partial charge is 0.119 e. The summed E-state index contributed by atoms with van der Waals surface area (Å²) < 4.78 is 11.0. The highest BCUT2D eigenvalue weighted by molar-refractivity contribution is 5.34. The van der Waals surface area contributed by atoms with Gasteiger partial charge in [0, 0.05) is 31.8 Å². The van der Waals surface area contributed by atoms with E-state index in [-0.39, 0.29) is 12.1 Å². The van der Waals surface area contributed by atoms with E-state index in [4.69, 9.17) is 14.7 Å². The molecular formula is C17H22N2O3. The maximum Gasteiger partial charge on any atom is 0.119 e. The van der Waals surface area contributed by atoms with Crippen molar-refractivity contribution in [3.05, 3.63) is 29.8 Å². The Morgan fingerprint density at radius 1 is 1.27 bits per heavy atom. The monoisotopic (exact) mass is 302 g/mol. The van der Waals surface area contributed by atoms with Crippen LogP contribution in [-0.4, -0.2) is 54.6 Å². The average Bonchev–Trinajstić information content (AvgIpc) is 2.58. The van der Waals surface area contributed by atoms with E-state index < -0.39 is 6.10 Å². The second-order valence-corrected chi connectivity index (χ2v) is 6.13. The molecule has 0 radical (unpaired) electrons. The van der Waals surface area contributed by atoms with E-state index in [1.165, 1.54) is 6.42 Å². The molecule has 5 nitrogen and oxygen atoms in total. The summed E-state index contributed by atoms with van der Waals surface area (Å²) in [7, 11) is 0. The second-order valence-electron chi connectivity index (χ2n) is 6.13. The predicted octanol–water partition coefficient (Wildman–Crippen LogP) is 1.55. The maximum atomic E-state index is 10.2. The summed E-state index contributed by atoms with van der Waals surface area (Å²) in [6.07, 6.45) is 2.84. The summed E-state index contributed by atoms with van der Waals surface area (Å²) in [5.74, 6) is 0.683. The van der Waals surface area contributed by atoms with Crippen molar-refractivity contribution < 1.29 is 14.6 Å². The van der Waals surface area contributed by atoms with Gasteiger partial charge in [-0.1, -0.05) is 0 Å². The van der Waals surface area contributed by atoms with Crippen LogP contribution in [0.4, 0.5) is 0 Å². The molecular weight excluding hydrogens is 280 g/mol. The minimum absolute atomic E-state index is 0.258. The number of rotatable bonds is 5. The SMILES string of the molecule is N#Cc1ccc(OC[C@H](O)CN2CCC23CCOCC3)cc1. The van der Waals surface area contributed by atoms with Crippen LogP contribution < -0.4 is 4.74 Å². The first-order valence-corrected chi connectivity index (χ1v) is 7.86. The quantitative estimate of drug-likeness (QED) is 0.894. The Hall–Kier alpha value is -1.61. The van der Waals surface area contributed by atoms with Gasteiger partial charge in [-0.2, -0.15) is 5.26 Å². The van der Waals surface area contributed by atoms with Crippen molar-refractivity contribution in [1.29, 1.82) is 5.26 Å². The van der Waals surface area contributed by atoms with Crippen molar-refractivity contribution >= 4 is 0 Å². The first-order valence-electron chi connectivity index (χ1n) is 7.86. The number of nitrogens with zero attached hydrogens (tertiary/aromatic N) is 2. The number of benzene rings is 1. The lowest BCUT2D eigenvalue weighted by Gasteiger charge is -2.55. The maximum absolute atomic E-state index is 10.2. The van der Waals surface area contributed by atoms with E-state index >= 15 is 0 Å². The van der Waals surface area contributed by atoms with E-state index in [2.05, 4.69) is 11.0 Å². The summed E-state index contributed by atoms with van der Waals surface area (Å²) in [6.45, 7) is 3.63. The Kier molecular flexibility index (Phi) is 4.63. The number of β-amino-alcohol motifs (C(OH)–C–C–N with tert-alkyl or cyclic N) is 1. The minimum Gasteiger partial charge on any atom is -0.491 e. The van der Waals surface area contributed by atoms with Crippen molar-refractivity contribution in [3.63, 3.8) is 0 Å². The van der Waals surface area contributed by atoms with Crippen LogP contribution in [0.3, 0.4) is 0 Å². The van der Waals surface area contributed by atoms with Crippen LogP contribution in [0.1, 0.15) is 24.8 Å². The van der Waals surface area contributed by atoms with Crippen molar-refractivity contribution in [2.24, 2.45) is 0 Å². The van der Waals surface area contributed by atoms with Gasteiger partial charge in [0.2, 0.25) is 0 Å². The third-order valence-corrected chi connectivity index (χ3v) is 4.80. The van der Waals surface area contributed by atoms with Crippen LogP contribution in [0, 0.1) is 11.3 Å². The highest BCUT2D eigenvalue weighted by Gasteiger charge is 2.45. The van der Waals surface area contributed by atoms with E-state index in [9.17, 15) is 5.11 Å². The highest BCUT2D eigenvalue weighted by Crippen LogP contribution is 2.39. The van der Waals surface area contributed by atoms with E-state index in [1.54, 1.807) is 24.3 Å². The third kappa shape index (κ3) is 3.25. The molecule has 2 saturated heterocycles. The average molecular weight is 302 g/mol. The molecule has 5 heteroatoms. The minimum atomic E-state index is -0.504. The van der Waals surface area contributed by atoms with Gasteiger partial charge in [0.15, 0.2) is 0 Å². The van der Waals surface area contributed by atoms with Crippen molar-refractivity contribution in [2.75, 3.05) is 32.9 Å². The van der Waals surface area contributed by atoms with Crippen LogP contribution in [-0.2, 0) is 4.74 Å². The number of aliphatic hydroxyl groups is 1. The van der Waals surface area contributed by atoms with Crippen LogP contribution in [0.5, 0.6) is 5.75 Å². The molecule has 3 rings (SSSR count). The van der Waals surface area contributed by atoms with Crippen molar-refractivity contribution in [3.8, 4) is 11.8 Å². The Morgan fingerprint density at radius 2 is 2.00 bits per heavy atom. The normalized spacial score (nSPS) is 21.8. The number of aliphatic hydroxyl groups excluding tert-OH is 1. The lowest BCUT2D eigenvalue weighted by molar-refractivity contribution is -0.106. The molecule has 0 aromatic heterocycles. The Bertz CT molecular complexity index is 532. The van der Waals surface area contributed by atoms with E-state index in [0.717, 1.165) is 32.6 Å². The second kappa shape index (κ2) is 6.66. The summed E-state index contributed by atoms with van der Waals surface area (Å²) in [5, 5.41) is 19.0. The number of hydrogen-bond donors (Lipinski definition) is 1. The van der Waals surface area contributed by atoms with Crippen LogP contribution in [0.25, 0.3) is 0 Å². The van der Waals surface area contributed by atoms with Gasteiger partial charge in [-0.25, -0.2) is 0 Å². The first kappa shape index (κ1) is 15.3. The van der Waals surface area contributed by atoms with Gasteiger partial charge < -0.3 is 14.6 Å². The van der Waals surface area contributed by atoms with Gasteiger partial charge in [0.25, 0.3) is 0 Å². The Labute approximate surface area is 131 Å². The van der Waals surface area contributed by atoms with E-state index in [0.29, 0.717) is 17.9 Å². The lowest BCUT2D eigenvalue weighted by Crippen LogP contribution is -2.63. The molecule has 1 N–H and O–H groups in total. The van der Waals surface area contributed by atoms with Crippen molar-refractivity contribution in [2.45, 2.75) is 30.9 Å². The van der Waals surface area contributed by atoms with E-state index in [1.807, 2.05) is 0 Å². The summed E-state index contributed by atoms with van der Waals surface area (Å²) >= 11 is 0. The van der Waals surface area contributed by atoms with Gasteiger partial charge in [0.1, 0.15) is 18.5 Å². The van der Waals surface area contributed by atoms with Crippen molar-refractivity contribution in [1.82, 2.24) is 4.90 Å². The van der Waals surface area contributed by atoms with Crippen LogP contribution in [0.2, 0.25) is 0 Å². The molecule has 0 unspecified atom stereocenters. The van der Waals surface area contributed by atoms with Gasteiger partial charge in [0.05, 0.1) is 11.6 Å². The standard InChI is InChI=1S/C17H22N2O3/c18-11-14-1-3-16(4-2-14)22-13-15(20)12-19-8-5-17(19)6-9-21-10-7-17/h1-4,15,20H,5-10,12-13H2/t15-/m1/s1. The molecule has 0 saturated carbocycles. The molecule has 0 bridgehead atoms. The largest absolute Gasteiger partial charge is 0.491 e. The zero-order valence-electron chi connectivity index (χ0n) is 12.7. The molecule has 1 spiro atoms. The number of ether oxygens (including phenoxy) is 2. The Balaban J connectivity index is 1.46. The number of likely N-dealkylation sites (tertiary alicyclic amines) is 1. The summed E-state index contributed by atoms with van der Waals surface area (Å²) in [5.41, 5.74) is 0.864. The fraction of sp³-hybridized carbons (Fsp3) is 0.588. The fourth-order valence-electron chi connectivity index (χ4n) is 3.31. The Morgan fingerprint density at radius 3 is 2.59 bits per heavy atom. The van der Waals surface area contributed by atoms with Gasteiger partial charge in [-0.3, -0.25) is 4.90 Å². The van der Waals surface area contributed by atoms with Crippen LogP contribution in [0.15, 0.2) is 24.3 Å². The molecule has 0 amide bonds. The van der Waals surface area contributed by atoms with Crippen LogP contribution >= 0.6 is 0 Å². The molecule has 118 valence electrons. The summed E-state index contributed by atoms with van der Waals surface area (Å²) in [4.78, 5) is 2.38. The molecule has 1 atom stereocenters. The zero-order valence-corrected chi connectivity index (χ0v) is 12.7. The third-order valence-electron chi connectivity index (χ3n) is 4.80. The molecule has 1 aromatic carbocycles. The van der Waals surface area contributed by atoms with Gasteiger partial charge in [-0.15, -0.1) is 0 Å². The number of hydrogen-bond acceptors (Lipinski definition) is 5. The molecule has 2 fully saturated rings. The van der Waals surface area contributed by atoms with Gasteiger partial charge >= 0.3 is 0 Å². The zero-order chi connectivity index (χ0) is 15.4. The molecule has 2 aliphatic heterocycles. The highest BCUT2D eigenvalue weighted by atomic mass is 16.5. The first-order chi connectivity index (χ1) is 10.7. The number of nitriles is 1.